The highest BCUT2D eigenvalue weighted by molar-refractivity contribution is 7.11. The van der Waals surface area contributed by atoms with Gasteiger partial charge in [0.1, 0.15) is 10.6 Å². The predicted molar refractivity (Wildman–Crippen MR) is 77.4 cm³/mol. The second kappa shape index (κ2) is 6.79. The minimum Gasteiger partial charge on any atom is -0.378 e. The van der Waals surface area contributed by atoms with Crippen molar-refractivity contribution in [1.29, 1.82) is 0 Å². The van der Waals surface area contributed by atoms with Gasteiger partial charge in [-0.25, -0.2) is 4.98 Å². The fourth-order valence-electron chi connectivity index (χ4n) is 2.66. The minimum absolute atomic E-state index is 0.141. The summed E-state index contributed by atoms with van der Waals surface area (Å²) in [6.45, 7) is 4.53. The van der Waals surface area contributed by atoms with Crippen molar-refractivity contribution in [2.45, 2.75) is 51.4 Å². The van der Waals surface area contributed by atoms with Crippen LogP contribution in [0.5, 0.6) is 0 Å². The maximum absolute atomic E-state index is 5.82. The molecule has 19 heavy (non-hydrogen) atoms. The summed E-state index contributed by atoms with van der Waals surface area (Å²) in [5.74, 6) is 0. The first-order valence-corrected chi connectivity index (χ1v) is 7.81. The molecule has 0 aromatic carbocycles. The van der Waals surface area contributed by atoms with Crippen LogP contribution in [0.1, 0.15) is 48.2 Å². The van der Waals surface area contributed by atoms with Crippen LogP contribution in [0.3, 0.4) is 0 Å². The molecule has 0 amide bonds. The van der Waals surface area contributed by atoms with Gasteiger partial charge in [0.05, 0.1) is 12.3 Å². The third kappa shape index (κ3) is 3.16. The van der Waals surface area contributed by atoms with Crippen LogP contribution in [0.4, 0.5) is 0 Å². The zero-order chi connectivity index (χ0) is 13.7. The third-order valence-electron chi connectivity index (χ3n) is 3.79. The van der Waals surface area contributed by atoms with Gasteiger partial charge in [0.15, 0.2) is 0 Å². The summed E-state index contributed by atoms with van der Waals surface area (Å²) in [5, 5.41) is 4.50. The van der Waals surface area contributed by atoms with Crippen molar-refractivity contribution in [3.05, 3.63) is 15.6 Å². The number of nitrogens with one attached hydrogen (secondary N) is 1. The number of ether oxygens (including phenoxy) is 2. The molecule has 0 spiro atoms. The molecule has 0 bridgehead atoms. The first kappa shape index (κ1) is 14.9. The Morgan fingerprint density at radius 3 is 2.63 bits per heavy atom. The first-order chi connectivity index (χ1) is 9.25. The molecule has 1 N–H and O–H groups in total. The molecule has 1 saturated carbocycles. The van der Waals surface area contributed by atoms with Crippen LogP contribution in [0.2, 0.25) is 0 Å². The molecule has 2 rings (SSSR count). The molecular formula is C14H24N2O2S. The largest absolute Gasteiger partial charge is 0.378 e. The Labute approximate surface area is 119 Å². The molecule has 1 aliphatic rings. The Bertz CT molecular complexity index is 400. The number of methoxy groups -OCH3 is 2. The standard InChI is InChI=1S/C14H24N2O2S/c1-4-15-9-12-11(10-17-2)16-13(19-12)14(18-3)7-5-6-8-14/h15H,4-10H2,1-3H3. The van der Waals surface area contributed by atoms with Gasteiger partial charge >= 0.3 is 0 Å². The SMILES string of the molecule is CCNCc1sc(C2(OC)CCCC2)nc1COC. The molecule has 108 valence electrons. The lowest BCUT2D eigenvalue weighted by molar-refractivity contribution is -0.00911. The van der Waals surface area contributed by atoms with E-state index in [0.29, 0.717) is 6.61 Å². The van der Waals surface area contributed by atoms with E-state index in [1.165, 1.54) is 17.7 Å². The maximum Gasteiger partial charge on any atom is 0.125 e. The first-order valence-electron chi connectivity index (χ1n) is 6.99. The summed E-state index contributed by atoms with van der Waals surface area (Å²) in [6, 6.07) is 0. The number of aromatic nitrogens is 1. The molecule has 1 aromatic rings. The van der Waals surface area contributed by atoms with E-state index in [-0.39, 0.29) is 5.60 Å². The normalized spacial score (nSPS) is 18.1. The Hall–Kier alpha value is -0.490. The van der Waals surface area contributed by atoms with Crippen molar-refractivity contribution in [2.75, 3.05) is 20.8 Å². The van der Waals surface area contributed by atoms with Gasteiger partial charge < -0.3 is 14.8 Å². The van der Waals surface area contributed by atoms with Crippen molar-refractivity contribution >= 4 is 11.3 Å². The Morgan fingerprint density at radius 1 is 1.32 bits per heavy atom. The topological polar surface area (TPSA) is 43.4 Å². The predicted octanol–water partition coefficient (Wildman–Crippen LogP) is 2.81. The summed E-state index contributed by atoms with van der Waals surface area (Å²) >= 11 is 1.78. The van der Waals surface area contributed by atoms with Crippen molar-refractivity contribution in [3.63, 3.8) is 0 Å². The fourth-order valence-corrected chi connectivity index (χ4v) is 3.92. The molecule has 0 atom stereocenters. The van der Waals surface area contributed by atoms with Gasteiger partial charge in [0, 0.05) is 25.6 Å². The van der Waals surface area contributed by atoms with E-state index in [4.69, 9.17) is 14.5 Å². The molecule has 0 saturated heterocycles. The van der Waals surface area contributed by atoms with Crippen molar-refractivity contribution in [1.82, 2.24) is 10.3 Å². The van der Waals surface area contributed by atoms with Gasteiger partial charge in [-0.2, -0.15) is 0 Å². The second-order valence-corrected chi connectivity index (χ2v) is 6.09. The van der Waals surface area contributed by atoms with Crippen LogP contribution in [0, 0.1) is 0 Å². The van der Waals surface area contributed by atoms with Crippen LogP contribution >= 0.6 is 11.3 Å². The maximum atomic E-state index is 5.82. The molecule has 0 radical (unpaired) electrons. The smallest absolute Gasteiger partial charge is 0.125 e. The molecule has 4 nitrogen and oxygen atoms in total. The summed E-state index contributed by atoms with van der Waals surface area (Å²) < 4.78 is 11.1. The van der Waals surface area contributed by atoms with E-state index >= 15 is 0 Å². The van der Waals surface area contributed by atoms with Crippen LogP contribution in [-0.4, -0.2) is 25.7 Å². The molecule has 1 aromatic heterocycles. The lowest BCUT2D eigenvalue weighted by atomic mass is 10.0. The van der Waals surface area contributed by atoms with Crippen LogP contribution in [0.15, 0.2) is 0 Å². The molecule has 1 heterocycles. The zero-order valence-corrected chi connectivity index (χ0v) is 12.9. The number of hydrogen-bond acceptors (Lipinski definition) is 5. The van der Waals surface area contributed by atoms with Gasteiger partial charge in [-0.15, -0.1) is 11.3 Å². The van der Waals surface area contributed by atoms with Crippen molar-refractivity contribution in [3.8, 4) is 0 Å². The summed E-state index contributed by atoms with van der Waals surface area (Å²) in [6.07, 6.45) is 4.64. The van der Waals surface area contributed by atoms with E-state index in [9.17, 15) is 0 Å². The number of nitrogens with zero attached hydrogens (tertiary/aromatic N) is 1. The highest BCUT2D eigenvalue weighted by atomic mass is 32.1. The lowest BCUT2D eigenvalue weighted by Gasteiger charge is -2.24. The average Bonchev–Trinajstić information content (AvgIpc) is 3.04. The molecule has 1 aliphatic carbocycles. The lowest BCUT2D eigenvalue weighted by Crippen LogP contribution is -2.24. The zero-order valence-electron chi connectivity index (χ0n) is 12.1. The van der Waals surface area contributed by atoms with Crippen molar-refractivity contribution < 1.29 is 9.47 Å². The number of rotatable bonds is 7. The van der Waals surface area contributed by atoms with E-state index < -0.39 is 0 Å². The van der Waals surface area contributed by atoms with Crippen LogP contribution in [-0.2, 0) is 28.2 Å². The van der Waals surface area contributed by atoms with Crippen LogP contribution in [0.25, 0.3) is 0 Å². The third-order valence-corrected chi connectivity index (χ3v) is 5.07. The van der Waals surface area contributed by atoms with Gasteiger partial charge in [0.25, 0.3) is 0 Å². The highest BCUT2D eigenvalue weighted by Crippen LogP contribution is 2.43. The summed E-state index contributed by atoms with van der Waals surface area (Å²) in [7, 11) is 3.53. The van der Waals surface area contributed by atoms with E-state index in [1.54, 1.807) is 18.4 Å². The Balaban J connectivity index is 2.25. The Kier molecular flexibility index (Phi) is 5.33. The van der Waals surface area contributed by atoms with E-state index in [1.807, 2.05) is 7.11 Å². The quantitative estimate of drug-likeness (QED) is 0.836. The molecule has 5 heteroatoms. The van der Waals surface area contributed by atoms with Gasteiger partial charge in [-0.05, 0) is 19.4 Å². The van der Waals surface area contributed by atoms with Crippen molar-refractivity contribution in [2.24, 2.45) is 0 Å². The number of hydrogen-bond donors (Lipinski definition) is 1. The monoisotopic (exact) mass is 284 g/mol. The second-order valence-electron chi connectivity index (χ2n) is 5.01. The fraction of sp³-hybridized carbons (Fsp3) is 0.786. The average molecular weight is 284 g/mol. The number of thiazole rings is 1. The van der Waals surface area contributed by atoms with E-state index in [2.05, 4.69) is 12.2 Å². The summed E-state index contributed by atoms with van der Waals surface area (Å²) in [5.41, 5.74) is 0.921. The summed E-state index contributed by atoms with van der Waals surface area (Å²) in [4.78, 5) is 6.09. The van der Waals surface area contributed by atoms with E-state index in [0.717, 1.165) is 36.6 Å². The Morgan fingerprint density at radius 2 is 2.05 bits per heavy atom. The van der Waals surface area contributed by atoms with Crippen LogP contribution < -0.4 is 5.32 Å². The highest BCUT2D eigenvalue weighted by Gasteiger charge is 2.39. The van der Waals surface area contributed by atoms with Gasteiger partial charge in [0.2, 0.25) is 0 Å². The minimum atomic E-state index is -0.141. The molecule has 0 aliphatic heterocycles. The molecule has 0 unspecified atom stereocenters. The molecule has 1 fully saturated rings. The van der Waals surface area contributed by atoms with Gasteiger partial charge in [-0.1, -0.05) is 19.8 Å². The van der Waals surface area contributed by atoms with Gasteiger partial charge in [-0.3, -0.25) is 0 Å². The molecular weight excluding hydrogens is 260 g/mol.